The van der Waals surface area contributed by atoms with Gasteiger partial charge in [-0.25, -0.2) is 0 Å². The van der Waals surface area contributed by atoms with Crippen molar-refractivity contribution in [3.8, 4) is 23.0 Å². The van der Waals surface area contributed by atoms with Crippen molar-refractivity contribution in [3.05, 3.63) is 46.5 Å². The van der Waals surface area contributed by atoms with Gasteiger partial charge in [-0.05, 0) is 56.2 Å². The average Bonchev–Trinajstić information content (AvgIpc) is 2.67. The fourth-order valence-electron chi connectivity index (χ4n) is 2.52. The number of rotatable bonds is 10. The van der Waals surface area contributed by atoms with Crippen molar-refractivity contribution >= 4 is 17.8 Å². The van der Waals surface area contributed by atoms with Gasteiger partial charge in [0.05, 0.1) is 44.7 Å². The fourth-order valence-corrected chi connectivity index (χ4v) is 2.79. The summed E-state index contributed by atoms with van der Waals surface area (Å²) in [6.07, 6.45) is 1.69. The van der Waals surface area contributed by atoms with Gasteiger partial charge in [0.15, 0.2) is 23.0 Å². The maximum Gasteiger partial charge on any atom is 0.180 e. The van der Waals surface area contributed by atoms with E-state index in [1.807, 2.05) is 45.0 Å². The third-order valence-corrected chi connectivity index (χ3v) is 4.00. The van der Waals surface area contributed by atoms with E-state index in [2.05, 4.69) is 10.5 Å². The summed E-state index contributed by atoms with van der Waals surface area (Å²) in [4.78, 5) is 0. The Morgan fingerprint density at radius 3 is 2.46 bits per heavy atom. The van der Waals surface area contributed by atoms with E-state index in [1.54, 1.807) is 26.5 Å². The molecule has 0 radical (unpaired) electrons. The van der Waals surface area contributed by atoms with E-state index in [0.717, 1.165) is 11.1 Å². The summed E-state index contributed by atoms with van der Waals surface area (Å²) < 4.78 is 22.0. The van der Waals surface area contributed by atoms with Crippen LogP contribution in [0.15, 0.2) is 35.4 Å². The van der Waals surface area contributed by atoms with Crippen LogP contribution in [0.5, 0.6) is 23.0 Å². The van der Waals surface area contributed by atoms with Gasteiger partial charge in [0.1, 0.15) is 0 Å². The monoisotopic (exact) mass is 406 g/mol. The zero-order valence-corrected chi connectivity index (χ0v) is 17.7. The molecule has 0 heterocycles. The van der Waals surface area contributed by atoms with Gasteiger partial charge in [-0.15, -0.1) is 0 Å². The van der Waals surface area contributed by atoms with Crippen LogP contribution in [-0.4, -0.2) is 33.1 Å². The van der Waals surface area contributed by atoms with Crippen LogP contribution in [0.4, 0.5) is 0 Å². The third-order valence-electron chi connectivity index (χ3n) is 3.72. The molecule has 6 nitrogen and oxygen atoms in total. The van der Waals surface area contributed by atoms with Crippen LogP contribution in [0.3, 0.4) is 0 Å². The first-order chi connectivity index (χ1) is 13.5. The Balaban J connectivity index is 2.07. The maximum absolute atomic E-state index is 6.37. The van der Waals surface area contributed by atoms with Gasteiger partial charge in [0.2, 0.25) is 0 Å². The molecule has 0 atom stereocenters. The summed E-state index contributed by atoms with van der Waals surface area (Å²) >= 11 is 6.37. The van der Waals surface area contributed by atoms with Crippen molar-refractivity contribution in [3.63, 3.8) is 0 Å². The standard InChI is InChI=1S/C21H27ClN2O4/c1-6-27-20-11-16(9-17(22)21(20)28-14(2)3)13-24-23-12-15-7-8-18(25-4)19(10-15)26-5/h7-11,13-14,23H,6,12H2,1-5H3/b24-13+. The van der Waals surface area contributed by atoms with Crippen LogP contribution in [0.25, 0.3) is 0 Å². The van der Waals surface area contributed by atoms with Crippen LogP contribution < -0.4 is 24.4 Å². The first-order valence-corrected chi connectivity index (χ1v) is 9.46. The molecule has 2 rings (SSSR count). The zero-order chi connectivity index (χ0) is 20.5. The lowest BCUT2D eigenvalue weighted by Gasteiger charge is -2.16. The van der Waals surface area contributed by atoms with E-state index in [-0.39, 0.29) is 6.10 Å². The van der Waals surface area contributed by atoms with Gasteiger partial charge in [0, 0.05) is 0 Å². The molecule has 1 N–H and O–H groups in total. The molecule has 0 aliphatic carbocycles. The smallest absolute Gasteiger partial charge is 0.180 e. The van der Waals surface area contributed by atoms with Crippen LogP contribution in [0.2, 0.25) is 5.02 Å². The molecule has 0 fully saturated rings. The lowest BCUT2D eigenvalue weighted by Crippen LogP contribution is -2.09. The molecule has 0 spiro atoms. The molecule has 2 aromatic carbocycles. The lowest BCUT2D eigenvalue weighted by molar-refractivity contribution is 0.224. The molecule has 2 aromatic rings. The quantitative estimate of drug-likeness (QED) is 0.459. The Labute approximate surface area is 171 Å². The first kappa shape index (κ1) is 21.7. The minimum atomic E-state index is -0.000576. The molecule has 0 saturated heterocycles. The molecular formula is C21H27ClN2O4. The highest BCUT2D eigenvalue weighted by Crippen LogP contribution is 2.37. The number of hydrogen-bond acceptors (Lipinski definition) is 6. The van der Waals surface area contributed by atoms with Gasteiger partial charge in [-0.1, -0.05) is 17.7 Å². The highest BCUT2D eigenvalue weighted by Gasteiger charge is 2.13. The molecule has 0 aliphatic rings. The average molecular weight is 407 g/mol. The number of ether oxygens (including phenoxy) is 4. The molecule has 0 unspecified atom stereocenters. The van der Waals surface area contributed by atoms with Gasteiger partial charge >= 0.3 is 0 Å². The summed E-state index contributed by atoms with van der Waals surface area (Å²) in [5.74, 6) is 2.52. The van der Waals surface area contributed by atoms with Crippen molar-refractivity contribution < 1.29 is 18.9 Å². The van der Waals surface area contributed by atoms with Crippen molar-refractivity contribution in [2.75, 3.05) is 20.8 Å². The molecule has 152 valence electrons. The maximum atomic E-state index is 6.37. The SMILES string of the molecule is CCOc1cc(/C=N/NCc2ccc(OC)c(OC)c2)cc(Cl)c1OC(C)C. The Hall–Kier alpha value is -2.60. The first-order valence-electron chi connectivity index (χ1n) is 9.08. The molecule has 0 saturated carbocycles. The topological polar surface area (TPSA) is 61.3 Å². The van der Waals surface area contributed by atoms with Crippen LogP contribution in [0.1, 0.15) is 31.9 Å². The Kier molecular flexibility index (Phi) is 8.26. The number of nitrogens with zero attached hydrogens (tertiary/aromatic N) is 1. The van der Waals surface area contributed by atoms with Crippen LogP contribution >= 0.6 is 11.6 Å². The van der Waals surface area contributed by atoms with Crippen molar-refractivity contribution in [2.45, 2.75) is 33.4 Å². The lowest BCUT2D eigenvalue weighted by atomic mass is 10.2. The summed E-state index contributed by atoms with van der Waals surface area (Å²) in [7, 11) is 3.22. The summed E-state index contributed by atoms with van der Waals surface area (Å²) in [5.41, 5.74) is 4.84. The molecular weight excluding hydrogens is 380 g/mol. The zero-order valence-electron chi connectivity index (χ0n) is 16.9. The van der Waals surface area contributed by atoms with E-state index in [9.17, 15) is 0 Å². The van der Waals surface area contributed by atoms with Crippen LogP contribution in [0, 0.1) is 0 Å². The van der Waals surface area contributed by atoms with E-state index in [0.29, 0.717) is 41.2 Å². The molecule has 0 aliphatic heterocycles. The number of halogens is 1. The molecule has 7 heteroatoms. The third kappa shape index (κ3) is 5.96. The number of methoxy groups -OCH3 is 2. The van der Waals surface area contributed by atoms with E-state index in [1.165, 1.54) is 0 Å². The molecule has 28 heavy (non-hydrogen) atoms. The number of benzene rings is 2. The summed E-state index contributed by atoms with van der Waals surface area (Å²) in [5, 5.41) is 4.75. The van der Waals surface area contributed by atoms with Crippen molar-refractivity contribution in [1.82, 2.24) is 5.43 Å². The van der Waals surface area contributed by atoms with Crippen molar-refractivity contribution in [2.24, 2.45) is 5.10 Å². The Morgan fingerprint density at radius 1 is 1.07 bits per heavy atom. The van der Waals surface area contributed by atoms with Crippen LogP contribution in [-0.2, 0) is 6.54 Å². The van der Waals surface area contributed by atoms with Gasteiger partial charge < -0.3 is 24.4 Å². The highest BCUT2D eigenvalue weighted by molar-refractivity contribution is 6.32. The van der Waals surface area contributed by atoms with Gasteiger partial charge in [-0.3, -0.25) is 0 Å². The predicted molar refractivity (Wildman–Crippen MR) is 112 cm³/mol. The number of hydrogen-bond donors (Lipinski definition) is 1. The van der Waals surface area contributed by atoms with E-state index in [4.69, 9.17) is 30.5 Å². The number of hydrazone groups is 1. The second-order valence-electron chi connectivity index (χ2n) is 6.21. The van der Waals surface area contributed by atoms with Gasteiger partial charge in [0.25, 0.3) is 0 Å². The summed E-state index contributed by atoms with van der Waals surface area (Å²) in [6, 6.07) is 9.37. The Morgan fingerprint density at radius 2 is 1.82 bits per heavy atom. The van der Waals surface area contributed by atoms with Crippen molar-refractivity contribution in [1.29, 1.82) is 0 Å². The fraction of sp³-hybridized carbons (Fsp3) is 0.381. The normalized spacial score (nSPS) is 11.0. The predicted octanol–water partition coefficient (Wildman–Crippen LogP) is 4.67. The Bertz CT molecular complexity index is 809. The van der Waals surface area contributed by atoms with Gasteiger partial charge in [-0.2, -0.15) is 5.10 Å². The molecule has 0 aromatic heterocycles. The highest BCUT2D eigenvalue weighted by atomic mass is 35.5. The van der Waals surface area contributed by atoms with E-state index < -0.39 is 0 Å². The summed E-state index contributed by atoms with van der Waals surface area (Å²) in [6.45, 7) is 6.86. The second-order valence-corrected chi connectivity index (χ2v) is 6.62. The minimum absolute atomic E-state index is 0.000576. The largest absolute Gasteiger partial charge is 0.493 e. The minimum Gasteiger partial charge on any atom is -0.493 e. The molecule has 0 amide bonds. The van der Waals surface area contributed by atoms with E-state index >= 15 is 0 Å². The number of nitrogens with one attached hydrogen (secondary N) is 1. The second kappa shape index (κ2) is 10.7. The molecule has 0 bridgehead atoms.